The molecule has 6 heteroatoms. The van der Waals surface area contributed by atoms with Crippen molar-refractivity contribution in [3.63, 3.8) is 0 Å². The lowest BCUT2D eigenvalue weighted by Crippen LogP contribution is -2.34. The van der Waals surface area contributed by atoms with E-state index in [0.717, 1.165) is 51.7 Å². The maximum absolute atomic E-state index is 13.1. The second-order valence-electron chi connectivity index (χ2n) is 8.10. The highest BCUT2D eigenvalue weighted by Gasteiger charge is 2.20. The largest absolute Gasteiger partial charge is 0.506 e. The van der Waals surface area contributed by atoms with Crippen molar-refractivity contribution >= 4 is 12.1 Å². The van der Waals surface area contributed by atoms with E-state index in [0.29, 0.717) is 23.7 Å². The number of aliphatic hydroxyl groups is 1. The number of hydrogen-bond donors (Lipinski definition) is 2. The number of unbranched alkanes of at least 4 members (excludes halogenated alkanes) is 1. The number of phenolic OH excluding ortho intramolecular Hbond substituents is 1. The molecule has 2 N–H and O–H groups in total. The fourth-order valence-corrected chi connectivity index (χ4v) is 4.12. The highest BCUT2D eigenvalue weighted by Crippen LogP contribution is 2.30. The predicted octanol–water partition coefficient (Wildman–Crippen LogP) is 4.21. The molecule has 1 unspecified atom stereocenters. The number of hydrogen-bond acceptors (Lipinski definition) is 4. The van der Waals surface area contributed by atoms with E-state index < -0.39 is 6.10 Å². The summed E-state index contributed by atoms with van der Waals surface area (Å²) in [7, 11) is 0. The fourth-order valence-electron chi connectivity index (χ4n) is 4.12. The summed E-state index contributed by atoms with van der Waals surface area (Å²) >= 11 is 0. The minimum Gasteiger partial charge on any atom is -0.506 e. The first-order valence-electron chi connectivity index (χ1n) is 10.7. The highest BCUT2D eigenvalue weighted by atomic mass is 19.1. The predicted molar refractivity (Wildman–Crippen MR) is 116 cm³/mol. The number of nitrogens with zero attached hydrogens (tertiary/aromatic N) is 2. The third-order valence-corrected chi connectivity index (χ3v) is 5.97. The molecule has 30 heavy (non-hydrogen) atoms. The summed E-state index contributed by atoms with van der Waals surface area (Å²) in [4.78, 5) is 15.5. The van der Waals surface area contributed by atoms with Crippen LogP contribution in [-0.2, 0) is 4.79 Å². The van der Waals surface area contributed by atoms with Gasteiger partial charge in [-0.05, 0) is 93.6 Å². The van der Waals surface area contributed by atoms with Crippen molar-refractivity contribution in [1.82, 2.24) is 4.90 Å². The number of likely N-dealkylation sites (tertiary alicyclic amines) is 1. The first-order chi connectivity index (χ1) is 14.5. The van der Waals surface area contributed by atoms with Gasteiger partial charge in [-0.1, -0.05) is 18.2 Å². The molecule has 1 aliphatic rings. The monoisotopic (exact) mass is 414 g/mol. The molecular formula is C24H31FN2O3. The van der Waals surface area contributed by atoms with Gasteiger partial charge in [0.25, 0.3) is 0 Å². The van der Waals surface area contributed by atoms with Crippen LogP contribution in [-0.4, -0.2) is 47.7 Å². The Hall–Kier alpha value is -2.44. The first kappa shape index (κ1) is 22.2. The van der Waals surface area contributed by atoms with Crippen LogP contribution in [0, 0.1) is 5.82 Å². The van der Waals surface area contributed by atoms with Crippen LogP contribution in [0.25, 0.3) is 0 Å². The van der Waals surface area contributed by atoms with Gasteiger partial charge in [0.05, 0.1) is 11.8 Å². The lowest BCUT2D eigenvalue weighted by molar-refractivity contribution is -0.107. The molecule has 162 valence electrons. The molecule has 0 radical (unpaired) electrons. The van der Waals surface area contributed by atoms with Gasteiger partial charge in [-0.2, -0.15) is 0 Å². The fraction of sp³-hybridized carbons (Fsp3) is 0.458. The molecule has 1 amide bonds. The Labute approximate surface area is 177 Å². The van der Waals surface area contributed by atoms with E-state index in [2.05, 4.69) is 4.90 Å². The summed E-state index contributed by atoms with van der Waals surface area (Å²) < 4.78 is 13.1. The second kappa shape index (κ2) is 10.5. The van der Waals surface area contributed by atoms with Crippen molar-refractivity contribution in [3.8, 4) is 5.75 Å². The Kier molecular flexibility index (Phi) is 7.82. The molecule has 2 aromatic carbocycles. The molecule has 1 saturated heterocycles. The van der Waals surface area contributed by atoms with Crippen LogP contribution < -0.4 is 4.90 Å². The van der Waals surface area contributed by atoms with Crippen molar-refractivity contribution in [2.75, 3.05) is 31.1 Å². The van der Waals surface area contributed by atoms with Gasteiger partial charge >= 0.3 is 0 Å². The van der Waals surface area contributed by atoms with Crippen molar-refractivity contribution in [3.05, 3.63) is 59.4 Å². The number of anilines is 1. The summed E-state index contributed by atoms with van der Waals surface area (Å²) in [6.07, 6.45) is 4.05. The number of carbonyl (C=O) groups excluding carboxylic acids is 1. The average Bonchev–Trinajstić information content (AvgIpc) is 2.75. The number of carbonyl (C=O) groups is 1. The van der Waals surface area contributed by atoms with Crippen LogP contribution in [0.15, 0.2) is 42.5 Å². The SMILES string of the molecule is CC(O)c1ccc(N(C=O)CCCCN2CCC(c3ccc(F)cc3)CC2)c(O)c1. The van der Waals surface area contributed by atoms with Crippen molar-refractivity contribution < 1.29 is 19.4 Å². The van der Waals surface area contributed by atoms with Crippen LogP contribution in [0.2, 0.25) is 0 Å². The average molecular weight is 415 g/mol. The summed E-state index contributed by atoms with van der Waals surface area (Å²) in [5.74, 6) is 0.316. The van der Waals surface area contributed by atoms with Crippen LogP contribution in [0.4, 0.5) is 10.1 Å². The molecule has 3 rings (SSSR count). The molecule has 2 aromatic rings. The number of amides is 1. The maximum Gasteiger partial charge on any atom is 0.214 e. The molecule has 0 aromatic heterocycles. The molecule has 1 fully saturated rings. The molecule has 1 aliphatic heterocycles. The van der Waals surface area contributed by atoms with Crippen molar-refractivity contribution in [2.24, 2.45) is 0 Å². The number of piperidine rings is 1. The van der Waals surface area contributed by atoms with Crippen molar-refractivity contribution in [2.45, 2.75) is 44.6 Å². The Bertz CT molecular complexity index is 818. The second-order valence-corrected chi connectivity index (χ2v) is 8.10. The first-order valence-corrected chi connectivity index (χ1v) is 10.7. The maximum atomic E-state index is 13.1. The third-order valence-electron chi connectivity index (χ3n) is 5.97. The van der Waals surface area contributed by atoms with Gasteiger partial charge in [-0.15, -0.1) is 0 Å². The molecule has 0 bridgehead atoms. The Morgan fingerprint density at radius 2 is 1.87 bits per heavy atom. The van der Waals surface area contributed by atoms with E-state index in [4.69, 9.17) is 0 Å². The molecule has 0 spiro atoms. The van der Waals surface area contributed by atoms with Gasteiger partial charge in [0, 0.05) is 6.54 Å². The number of rotatable bonds is 9. The van der Waals surface area contributed by atoms with E-state index >= 15 is 0 Å². The van der Waals surface area contributed by atoms with Gasteiger partial charge in [-0.3, -0.25) is 4.79 Å². The zero-order valence-corrected chi connectivity index (χ0v) is 17.5. The Morgan fingerprint density at radius 1 is 1.17 bits per heavy atom. The zero-order valence-electron chi connectivity index (χ0n) is 17.5. The smallest absolute Gasteiger partial charge is 0.214 e. The number of halogens is 1. The van der Waals surface area contributed by atoms with Gasteiger partial charge in [0.15, 0.2) is 0 Å². The minimum atomic E-state index is -0.665. The lowest BCUT2D eigenvalue weighted by atomic mass is 9.89. The number of aliphatic hydroxyl groups excluding tert-OH is 1. The van der Waals surface area contributed by atoms with E-state index in [1.807, 2.05) is 12.1 Å². The number of aromatic hydroxyl groups is 1. The van der Waals surface area contributed by atoms with E-state index in [1.54, 1.807) is 19.1 Å². The topological polar surface area (TPSA) is 64.0 Å². The summed E-state index contributed by atoms with van der Waals surface area (Å²) in [5, 5.41) is 19.8. The Morgan fingerprint density at radius 3 is 2.47 bits per heavy atom. The van der Waals surface area contributed by atoms with Gasteiger partial charge in [0.1, 0.15) is 11.6 Å². The zero-order chi connectivity index (χ0) is 21.5. The van der Waals surface area contributed by atoms with E-state index in [-0.39, 0.29) is 11.6 Å². The van der Waals surface area contributed by atoms with Crippen LogP contribution in [0.5, 0.6) is 5.75 Å². The Balaban J connectivity index is 1.41. The highest BCUT2D eigenvalue weighted by molar-refractivity contribution is 5.78. The summed E-state index contributed by atoms with van der Waals surface area (Å²) in [6, 6.07) is 11.8. The van der Waals surface area contributed by atoms with Crippen LogP contribution in [0.1, 0.15) is 55.8 Å². The molecule has 5 nitrogen and oxygen atoms in total. The lowest BCUT2D eigenvalue weighted by Gasteiger charge is -2.32. The summed E-state index contributed by atoms with van der Waals surface area (Å²) in [6.45, 7) is 5.21. The standard InChI is InChI=1S/C24H31FN2O3/c1-18(29)21-6-9-23(24(30)16-21)27(17-28)13-3-2-12-26-14-10-20(11-15-26)19-4-7-22(25)8-5-19/h4-9,16-18,20,29-30H,2-3,10-15H2,1H3. The van der Waals surface area contributed by atoms with Gasteiger partial charge < -0.3 is 20.0 Å². The molecule has 0 aliphatic carbocycles. The number of phenols is 1. The quantitative estimate of drug-likeness (QED) is 0.477. The molecule has 0 saturated carbocycles. The van der Waals surface area contributed by atoms with Crippen LogP contribution >= 0.6 is 0 Å². The van der Waals surface area contributed by atoms with Crippen LogP contribution in [0.3, 0.4) is 0 Å². The summed E-state index contributed by atoms with van der Waals surface area (Å²) in [5.41, 5.74) is 2.31. The molecular weight excluding hydrogens is 383 g/mol. The van der Waals surface area contributed by atoms with Gasteiger partial charge in [-0.25, -0.2) is 4.39 Å². The van der Waals surface area contributed by atoms with Crippen molar-refractivity contribution in [1.29, 1.82) is 0 Å². The molecule has 1 heterocycles. The number of benzene rings is 2. The third kappa shape index (κ3) is 5.80. The van der Waals surface area contributed by atoms with E-state index in [1.165, 1.54) is 28.7 Å². The minimum absolute atomic E-state index is 0.00312. The van der Waals surface area contributed by atoms with E-state index in [9.17, 15) is 19.4 Å². The van der Waals surface area contributed by atoms with Gasteiger partial charge in [0.2, 0.25) is 6.41 Å². The molecule has 1 atom stereocenters. The normalized spacial score (nSPS) is 16.4.